The van der Waals surface area contributed by atoms with Crippen molar-refractivity contribution in [1.82, 2.24) is 0 Å². The lowest BCUT2D eigenvalue weighted by Gasteiger charge is -2.12. The largest absolute Gasteiger partial charge is 0.493 e. The summed E-state index contributed by atoms with van der Waals surface area (Å²) in [4.78, 5) is 0. The Morgan fingerprint density at radius 3 is 2.58 bits per heavy atom. The molecule has 0 bridgehead atoms. The van der Waals surface area contributed by atoms with Crippen molar-refractivity contribution in [2.45, 2.75) is 26.4 Å². The van der Waals surface area contributed by atoms with Crippen LogP contribution in [0.4, 0.5) is 0 Å². The van der Waals surface area contributed by atoms with Crippen LogP contribution in [0, 0.1) is 6.92 Å². The van der Waals surface area contributed by atoms with E-state index in [4.69, 9.17) is 14.2 Å². The van der Waals surface area contributed by atoms with Crippen molar-refractivity contribution in [3.63, 3.8) is 0 Å². The molecule has 0 radical (unpaired) electrons. The normalized spacial score (nSPS) is 12.4. The average molecular weight is 268 g/mol. The second-order valence-electron chi connectivity index (χ2n) is 4.51. The molecule has 0 aliphatic rings. The molecule has 0 unspecified atom stereocenters. The molecule has 0 saturated heterocycles. The van der Waals surface area contributed by atoms with Gasteiger partial charge in [0.05, 0.1) is 25.9 Å². The number of aryl methyl sites for hydroxylation is 1. The number of hydrogen-bond acceptors (Lipinski definition) is 4. The van der Waals surface area contributed by atoms with Gasteiger partial charge >= 0.3 is 0 Å². The Kier molecular flexibility index (Phi) is 7.48. The van der Waals surface area contributed by atoms with Gasteiger partial charge in [0, 0.05) is 20.1 Å². The van der Waals surface area contributed by atoms with E-state index in [1.165, 1.54) is 0 Å². The van der Waals surface area contributed by atoms with Crippen LogP contribution in [0.15, 0.2) is 18.2 Å². The van der Waals surface area contributed by atoms with Gasteiger partial charge in [-0.2, -0.15) is 0 Å². The molecule has 1 N–H and O–H groups in total. The van der Waals surface area contributed by atoms with Gasteiger partial charge in [0.1, 0.15) is 5.75 Å². The van der Waals surface area contributed by atoms with Crippen molar-refractivity contribution in [2.24, 2.45) is 0 Å². The molecule has 1 rings (SSSR count). The van der Waals surface area contributed by atoms with E-state index >= 15 is 0 Å². The summed E-state index contributed by atoms with van der Waals surface area (Å²) >= 11 is 0. The molecule has 0 aromatic heterocycles. The minimum atomic E-state index is -0.443. The number of rotatable bonds is 9. The quantitative estimate of drug-likeness (QED) is 0.699. The monoisotopic (exact) mass is 268 g/mol. The van der Waals surface area contributed by atoms with E-state index in [0.717, 1.165) is 23.3 Å². The van der Waals surface area contributed by atoms with Crippen LogP contribution in [-0.4, -0.2) is 38.6 Å². The third kappa shape index (κ3) is 6.05. The zero-order valence-corrected chi connectivity index (χ0v) is 12.0. The molecule has 0 saturated carbocycles. The summed E-state index contributed by atoms with van der Waals surface area (Å²) in [6.07, 6.45) is 0.406. The second-order valence-corrected chi connectivity index (χ2v) is 4.51. The van der Waals surface area contributed by atoms with Crippen molar-refractivity contribution in [3.05, 3.63) is 29.3 Å². The van der Waals surface area contributed by atoms with Gasteiger partial charge in [-0.05, 0) is 37.1 Å². The van der Waals surface area contributed by atoms with Crippen molar-refractivity contribution in [2.75, 3.05) is 33.5 Å². The molecule has 108 valence electrons. The number of aliphatic hydroxyl groups excluding tert-OH is 1. The Labute approximate surface area is 115 Å². The van der Waals surface area contributed by atoms with E-state index in [2.05, 4.69) is 0 Å². The predicted octanol–water partition coefficient (Wildman–Crippen LogP) is 2.48. The highest BCUT2D eigenvalue weighted by Gasteiger charge is 2.04. The Morgan fingerprint density at radius 2 is 1.95 bits per heavy atom. The van der Waals surface area contributed by atoms with Crippen LogP contribution >= 0.6 is 0 Å². The minimum absolute atomic E-state index is 0.443. The van der Waals surface area contributed by atoms with E-state index < -0.39 is 6.10 Å². The van der Waals surface area contributed by atoms with E-state index in [-0.39, 0.29) is 0 Å². The van der Waals surface area contributed by atoms with Gasteiger partial charge in [-0.1, -0.05) is 6.07 Å². The van der Waals surface area contributed by atoms with Crippen molar-refractivity contribution in [3.8, 4) is 5.75 Å². The van der Waals surface area contributed by atoms with Crippen LogP contribution in [0.5, 0.6) is 5.75 Å². The molecule has 19 heavy (non-hydrogen) atoms. The molecule has 0 heterocycles. The van der Waals surface area contributed by atoms with Gasteiger partial charge in [-0.15, -0.1) is 0 Å². The Morgan fingerprint density at radius 1 is 1.16 bits per heavy atom. The standard InChI is InChI=1S/C15H24O4/c1-12-11-14(13(2)16)5-6-15(12)19-8-4-7-18-10-9-17-3/h5-6,11,13,16H,4,7-10H2,1-3H3/t13-/m0/s1. The fourth-order valence-electron chi connectivity index (χ4n) is 1.68. The van der Waals surface area contributed by atoms with Crippen molar-refractivity contribution >= 4 is 0 Å². The molecule has 4 nitrogen and oxygen atoms in total. The fraction of sp³-hybridized carbons (Fsp3) is 0.600. The third-order valence-electron chi connectivity index (χ3n) is 2.80. The first kappa shape index (κ1) is 16.0. The van der Waals surface area contributed by atoms with Crippen LogP contribution in [0.25, 0.3) is 0 Å². The molecule has 1 aromatic rings. The summed E-state index contributed by atoms with van der Waals surface area (Å²) in [6, 6.07) is 5.75. The number of benzene rings is 1. The predicted molar refractivity (Wildman–Crippen MR) is 74.6 cm³/mol. The molecular formula is C15H24O4. The highest BCUT2D eigenvalue weighted by Crippen LogP contribution is 2.22. The lowest BCUT2D eigenvalue weighted by Crippen LogP contribution is -2.07. The topological polar surface area (TPSA) is 47.9 Å². The minimum Gasteiger partial charge on any atom is -0.493 e. The molecule has 0 spiro atoms. The molecular weight excluding hydrogens is 244 g/mol. The Bertz CT molecular complexity index is 363. The van der Waals surface area contributed by atoms with E-state index in [1.807, 2.05) is 25.1 Å². The van der Waals surface area contributed by atoms with E-state index in [9.17, 15) is 5.11 Å². The summed E-state index contributed by atoms with van der Waals surface area (Å²) in [5.74, 6) is 0.862. The van der Waals surface area contributed by atoms with Crippen molar-refractivity contribution in [1.29, 1.82) is 0 Å². The van der Waals surface area contributed by atoms with E-state index in [0.29, 0.717) is 26.4 Å². The fourth-order valence-corrected chi connectivity index (χ4v) is 1.68. The molecule has 0 fully saturated rings. The highest BCUT2D eigenvalue weighted by molar-refractivity contribution is 5.36. The number of ether oxygens (including phenoxy) is 3. The molecule has 0 amide bonds. The maximum Gasteiger partial charge on any atom is 0.122 e. The van der Waals surface area contributed by atoms with Crippen LogP contribution < -0.4 is 4.74 Å². The first-order valence-electron chi connectivity index (χ1n) is 6.63. The average Bonchev–Trinajstić information content (AvgIpc) is 2.39. The maximum atomic E-state index is 9.49. The third-order valence-corrected chi connectivity index (χ3v) is 2.80. The Balaban J connectivity index is 2.26. The lowest BCUT2D eigenvalue weighted by molar-refractivity contribution is 0.0644. The highest BCUT2D eigenvalue weighted by atomic mass is 16.5. The Hall–Kier alpha value is -1.10. The summed E-state index contributed by atoms with van der Waals surface area (Å²) in [5, 5.41) is 9.49. The summed E-state index contributed by atoms with van der Waals surface area (Å²) in [7, 11) is 1.66. The first-order chi connectivity index (χ1) is 9.15. The summed E-state index contributed by atoms with van der Waals surface area (Å²) in [5.41, 5.74) is 1.95. The first-order valence-corrected chi connectivity index (χ1v) is 6.63. The zero-order valence-electron chi connectivity index (χ0n) is 12.0. The zero-order chi connectivity index (χ0) is 14.1. The van der Waals surface area contributed by atoms with Gasteiger partial charge in [-0.3, -0.25) is 0 Å². The second kappa shape index (κ2) is 8.91. The van der Waals surface area contributed by atoms with Crippen LogP contribution in [-0.2, 0) is 9.47 Å². The van der Waals surface area contributed by atoms with Crippen LogP contribution in [0.1, 0.15) is 30.6 Å². The number of hydrogen-bond donors (Lipinski definition) is 1. The molecule has 1 atom stereocenters. The lowest BCUT2D eigenvalue weighted by atomic mass is 10.1. The van der Waals surface area contributed by atoms with Gasteiger partial charge in [0.2, 0.25) is 0 Å². The van der Waals surface area contributed by atoms with Crippen LogP contribution in [0.3, 0.4) is 0 Å². The summed E-state index contributed by atoms with van der Waals surface area (Å²) < 4.78 is 15.9. The molecule has 4 heteroatoms. The van der Waals surface area contributed by atoms with Crippen LogP contribution in [0.2, 0.25) is 0 Å². The smallest absolute Gasteiger partial charge is 0.122 e. The molecule has 0 aliphatic heterocycles. The number of methoxy groups -OCH3 is 1. The molecule has 0 aliphatic carbocycles. The summed E-state index contributed by atoms with van der Waals surface area (Å²) in [6.45, 7) is 6.29. The molecule has 1 aromatic carbocycles. The van der Waals surface area contributed by atoms with Gasteiger partial charge in [0.15, 0.2) is 0 Å². The van der Waals surface area contributed by atoms with Gasteiger partial charge in [-0.25, -0.2) is 0 Å². The maximum absolute atomic E-state index is 9.49. The van der Waals surface area contributed by atoms with Gasteiger partial charge < -0.3 is 19.3 Å². The number of aliphatic hydroxyl groups is 1. The van der Waals surface area contributed by atoms with E-state index in [1.54, 1.807) is 14.0 Å². The van der Waals surface area contributed by atoms with Gasteiger partial charge in [0.25, 0.3) is 0 Å². The van der Waals surface area contributed by atoms with Crippen molar-refractivity contribution < 1.29 is 19.3 Å². The SMILES string of the molecule is COCCOCCCOc1ccc([C@H](C)O)cc1C.